The Bertz CT molecular complexity index is 671. The van der Waals surface area contributed by atoms with Gasteiger partial charge in [-0.05, 0) is 37.8 Å². The maximum Gasteiger partial charge on any atom is 0.226 e. The summed E-state index contributed by atoms with van der Waals surface area (Å²) in [5.74, 6) is 2.35. The fraction of sp³-hybridized carbons (Fsp3) is 0.474. The highest BCUT2D eigenvalue weighted by atomic mass is 127. The Kier molecular flexibility index (Phi) is 7.74. The van der Waals surface area contributed by atoms with Gasteiger partial charge in [0.25, 0.3) is 0 Å². The highest BCUT2D eigenvalue weighted by Gasteiger charge is 2.19. The lowest BCUT2D eigenvalue weighted by Crippen LogP contribution is -2.46. The number of hydrogen-bond donors (Lipinski definition) is 1. The lowest BCUT2D eigenvalue weighted by atomic mass is 10.0. The van der Waals surface area contributed by atoms with Crippen LogP contribution in [0.5, 0.6) is 0 Å². The van der Waals surface area contributed by atoms with E-state index in [1.54, 1.807) is 6.26 Å². The fourth-order valence-corrected chi connectivity index (χ4v) is 3.06. The number of aliphatic imine (C=N–C) groups is 1. The Labute approximate surface area is 166 Å². The molecule has 25 heavy (non-hydrogen) atoms. The molecule has 1 aromatic heterocycles. The van der Waals surface area contributed by atoms with Crippen LogP contribution in [0.15, 0.2) is 46.0 Å². The molecule has 1 N–H and O–H groups in total. The minimum atomic E-state index is 0. The molecule has 2 aromatic rings. The van der Waals surface area contributed by atoms with E-state index in [2.05, 4.69) is 29.0 Å². The molecule has 1 fully saturated rings. The first-order valence-corrected chi connectivity index (χ1v) is 8.79. The summed E-state index contributed by atoms with van der Waals surface area (Å²) in [6, 6.07) is 9.95. The third kappa shape index (κ3) is 5.45. The maximum absolute atomic E-state index is 5.59. The summed E-state index contributed by atoms with van der Waals surface area (Å²) < 4.78 is 5.59. The van der Waals surface area contributed by atoms with Crippen LogP contribution in [0, 0.1) is 5.92 Å². The van der Waals surface area contributed by atoms with Crippen LogP contribution >= 0.6 is 24.0 Å². The van der Waals surface area contributed by atoms with Crippen LogP contribution in [-0.2, 0) is 6.54 Å². The molecule has 136 valence electrons. The van der Waals surface area contributed by atoms with Crippen LogP contribution in [0.1, 0.15) is 32.4 Å². The smallest absolute Gasteiger partial charge is 0.226 e. The van der Waals surface area contributed by atoms with E-state index in [0.717, 1.165) is 42.8 Å². The molecule has 0 radical (unpaired) electrons. The molecule has 0 spiro atoms. The SMILES string of the molecule is CCNC(=NCc1coc(-c2ccccc2)n1)N1CCCC(C)C1.I. The third-order valence-corrected chi connectivity index (χ3v) is 4.25. The summed E-state index contributed by atoms with van der Waals surface area (Å²) in [7, 11) is 0. The van der Waals surface area contributed by atoms with Crippen LogP contribution in [0.3, 0.4) is 0 Å². The van der Waals surface area contributed by atoms with Crippen molar-refractivity contribution in [3.63, 3.8) is 0 Å². The van der Waals surface area contributed by atoms with Gasteiger partial charge in [0, 0.05) is 25.2 Å². The molecule has 1 saturated heterocycles. The number of piperidine rings is 1. The van der Waals surface area contributed by atoms with Gasteiger partial charge in [0.1, 0.15) is 12.0 Å². The number of benzene rings is 1. The molecule has 1 aliphatic rings. The molecule has 0 aliphatic carbocycles. The van der Waals surface area contributed by atoms with Gasteiger partial charge in [-0.25, -0.2) is 9.98 Å². The van der Waals surface area contributed by atoms with Gasteiger partial charge in [-0.1, -0.05) is 25.1 Å². The van der Waals surface area contributed by atoms with E-state index < -0.39 is 0 Å². The van der Waals surface area contributed by atoms with Crippen LogP contribution < -0.4 is 5.32 Å². The number of nitrogens with one attached hydrogen (secondary N) is 1. The number of halogens is 1. The van der Waals surface area contributed by atoms with Crippen molar-refractivity contribution in [3.05, 3.63) is 42.3 Å². The van der Waals surface area contributed by atoms with Crippen molar-refractivity contribution < 1.29 is 4.42 Å². The number of guanidine groups is 1. The van der Waals surface area contributed by atoms with Crippen LogP contribution in [0.25, 0.3) is 11.5 Å². The van der Waals surface area contributed by atoms with Gasteiger partial charge in [-0.3, -0.25) is 0 Å². The molecule has 2 heterocycles. The molecule has 1 unspecified atom stereocenters. The summed E-state index contributed by atoms with van der Waals surface area (Å²) in [5.41, 5.74) is 1.85. The molecule has 6 heteroatoms. The molecule has 5 nitrogen and oxygen atoms in total. The zero-order chi connectivity index (χ0) is 16.8. The summed E-state index contributed by atoms with van der Waals surface area (Å²) in [6.07, 6.45) is 4.24. The molecule has 0 bridgehead atoms. The van der Waals surface area contributed by atoms with Gasteiger partial charge in [0.15, 0.2) is 5.96 Å². The van der Waals surface area contributed by atoms with Crippen molar-refractivity contribution in [2.24, 2.45) is 10.9 Å². The number of hydrogen-bond acceptors (Lipinski definition) is 3. The lowest BCUT2D eigenvalue weighted by Gasteiger charge is -2.33. The quantitative estimate of drug-likeness (QED) is 0.429. The number of aromatic nitrogens is 1. The topological polar surface area (TPSA) is 53.7 Å². The highest BCUT2D eigenvalue weighted by molar-refractivity contribution is 14.0. The molecule has 0 amide bonds. The standard InChI is InChI=1S/C19H26N4O.HI/c1-3-20-19(23-11-7-8-15(2)13-23)21-12-17-14-24-18(22-17)16-9-5-4-6-10-16;/h4-6,9-10,14-15H,3,7-8,11-13H2,1-2H3,(H,20,21);1H. The third-order valence-electron chi connectivity index (χ3n) is 4.25. The molecule has 1 atom stereocenters. The average Bonchev–Trinajstić information content (AvgIpc) is 3.08. The second kappa shape index (κ2) is 9.79. The van der Waals surface area contributed by atoms with Crippen molar-refractivity contribution in [2.75, 3.05) is 19.6 Å². The van der Waals surface area contributed by atoms with Gasteiger partial charge in [0.2, 0.25) is 5.89 Å². The molecule has 0 saturated carbocycles. The molecular formula is C19H27IN4O. The molecule has 3 rings (SSSR count). The number of likely N-dealkylation sites (tertiary alicyclic amines) is 1. The van der Waals surface area contributed by atoms with Gasteiger partial charge in [-0.2, -0.15) is 0 Å². The predicted octanol–water partition coefficient (Wildman–Crippen LogP) is 4.16. The van der Waals surface area contributed by atoms with E-state index in [-0.39, 0.29) is 24.0 Å². The van der Waals surface area contributed by atoms with Crippen molar-refractivity contribution in [1.82, 2.24) is 15.2 Å². The Morgan fingerprint density at radius 1 is 1.36 bits per heavy atom. The average molecular weight is 454 g/mol. The maximum atomic E-state index is 5.59. The largest absolute Gasteiger partial charge is 0.444 e. The highest BCUT2D eigenvalue weighted by Crippen LogP contribution is 2.19. The van der Waals surface area contributed by atoms with E-state index in [4.69, 9.17) is 9.41 Å². The van der Waals surface area contributed by atoms with Crippen molar-refractivity contribution >= 4 is 29.9 Å². The first kappa shape index (κ1) is 19.8. The zero-order valence-electron chi connectivity index (χ0n) is 14.9. The van der Waals surface area contributed by atoms with Gasteiger partial charge in [-0.15, -0.1) is 24.0 Å². The Hall–Kier alpha value is -1.57. The zero-order valence-corrected chi connectivity index (χ0v) is 17.3. The Morgan fingerprint density at radius 2 is 2.16 bits per heavy atom. The number of nitrogens with zero attached hydrogens (tertiary/aromatic N) is 3. The molecule has 1 aliphatic heterocycles. The normalized spacial score (nSPS) is 17.9. The molecular weight excluding hydrogens is 427 g/mol. The second-order valence-corrected chi connectivity index (χ2v) is 6.37. The van der Waals surface area contributed by atoms with E-state index in [0.29, 0.717) is 12.4 Å². The van der Waals surface area contributed by atoms with Gasteiger partial charge >= 0.3 is 0 Å². The summed E-state index contributed by atoms with van der Waals surface area (Å²) in [6.45, 7) is 7.96. The molecule has 1 aromatic carbocycles. The predicted molar refractivity (Wildman–Crippen MR) is 112 cm³/mol. The Morgan fingerprint density at radius 3 is 2.88 bits per heavy atom. The Balaban J connectivity index is 0.00000225. The minimum absolute atomic E-state index is 0. The van der Waals surface area contributed by atoms with E-state index >= 15 is 0 Å². The van der Waals surface area contributed by atoms with Crippen LogP contribution in [0.4, 0.5) is 0 Å². The first-order chi connectivity index (χ1) is 11.8. The van der Waals surface area contributed by atoms with Crippen molar-refractivity contribution in [1.29, 1.82) is 0 Å². The summed E-state index contributed by atoms with van der Waals surface area (Å²) in [4.78, 5) is 11.7. The number of rotatable bonds is 4. The van der Waals surface area contributed by atoms with E-state index in [1.165, 1.54) is 12.8 Å². The summed E-state index contributed by atoms with van der Waals surface area (Å²) >= 11 is 0. The monoisotopic (exact) mass is 454 g/mol. The van der Waals surface area contributed by atoms with Crippen LogP contribution in [-0.4, -0.2) is 35.5 Å². The minimum Gasteiger partial charge on any atom is -0.444 e. The number of oxazole rings is 1. The van der Waals surface area contributed by atoms with Gasteiger partial charge < -0.3 is 14.6 Å². The van der Waals surface area contributed by atoms with E-state index in [9.17, 15) is 0 Å². The first-order valence-electron chi connectivity index (χ1n) is 8.79. The van der Waals surface area contributed by atoms with Gasteiger partial charge in [0.05, 0.1) is 6.54 Å². The van der Waals surface area contributed by atoms with Crippen molar-refractivity contribution in [2.45, 2.75) is 33.2 Å². The van der Waals surface area contributed by atoms with Crippen LogP contribution in [0.2, 0.25) is 0 Å². The summed E-state index contributed by atoms with van der Waals surface area (Å²) in [5, 5.41) is 3.40. The van der Waals surface area contributed by atoms with Crippen molar-refractivity contribution in [3.8, 4) is 11.5 Å². The fourth-order valence-electron chi connectivity index (χ4n) is 3.06. The van der Waals surface area contributed by atoms with E-state index in [1.807, 2.05) is 30.3 Å². The lowest BCUT2D eigenvalue weighted by molar-refractivity contribution is 0.266. The second-order valence-electron chi connectivity index (χ2n) is 6.37.